The molecule has 1 aliphatic heterocycles. The molecule has 0 bridgehead atoms. The molecule has 0 saturated carbocycles. The molecule has 0 spiro atoms. The number of hydrogen-bond donors (Lipinski definition) is 0. The highest BCUT2D eigenvalue weighted by Crippen LogP contribution is 2.34. The van der Waals surface area contributed by atoms with Crippen LogP contribution in [0.4, 0.5) is 4.39 Å². The zero-order chi connectivity index (χ0) is 18.6. The Morgan fingerprint density at radius 1 is 1.24 bits per heavy atom. The summed E-state index contributed by atoms with van der Waals surface area (Å²) in [6, 6.07) is 5.39. The van der Waals surface area contributed by atoms with E-state index in [-0.39, 0.29) is 6.61 Å². The van der Waals surface area contributed by atoms with Gasteiger partial charge in [0.05, 0.1) is 0 Å². The van der Waals surface area contributed by atoms with Crippen molar-refractivity contribution in [3.8, 4) is 0 Å². The summed E-state index contributed by atoms with van der Waals surface area (Å²) in [4.78, 5) is 35.5. The molecule has 7 heteroatoms. The van der Waals surface area contributed by atoms with Crippen molar-refractivity contribution < 1.29 is 33.0 Å². The first-order valence-corrected chi connectivity index (χ1v) is 7.71. The van der Waals surface area contributed by atoms with Crippen molar-refractivity contribution in [1.82, 2.24) is 0 Å². The van der Waals surface area contributed by atoms with Crippen molar-refractivity contribution in [2.75, 3.05) is 6.61 Å². The minimum Gasteiger partial charge on any atom is -0.462 e. The molecular weight excluding hydrogens is 331 g/mol. The molecule has 0 N–H and O–H groups in total. The minimum absolute atomic E-state index is 0.0185. The van der Waals surface area contributed by atoms with Crippen molar-refractivity contribution in [3.05, 3.63) is 47.8 Å². The second-order valence-electron chi connectivity index (χ2n) is 6.03. The maximum absolute atomic E-state index is 13.2. The lowest BCUT2D eigenvalue weighted by atomic mass is 9.85. The number of carbonyl (C=O) groups is 3. The maximum atomic E-state index is 13.2. The van der Waals surface area contributed by atoms with Gasteiger partial charge in [0.1, 0.15) is 12.4 Å². The number of halogens is 1. The highest BCUT2D eigenvalue weighted by atomic mass is 19.1. The van der Waals surface area contributed by atoms with E-state index in [1.807, 2.05) is 0 Å². The van der Waals surface area contributed by atoms with Crippen molar-refractivity contribution in [2.24, 2.45) is 5.92 Å². The van der Waals surface area contributed by atoms with E-state index < -0.39 is 41.3 Å². The molecule has 1 saturated heterocycles. The van der Waals surface area contributed by atoms with Crippen LogP contribution in [0.15, 0.2) is 36.4 Å². The van der Waals surface area contributed by atoms with E-state index in [9.17, 15) is 18.8 Å². The van der Waals surface area contributed by atoms with E-state index in [1.165, 1.54) is 51.1 Å². The molecule has 0 radical (unpaired) electrons. The smallest absolute Gasteiger partial charge is 0.324 e. The average molecular weight is 350 g/mol. The Morgan fingerprint density at radius 3 is 2.32 bits per heavy atom. The molecule has 0 aliphatic carbocycles. The molecule has 1 aromatic carbocycles. The predicted octanol–water partition coefficient (Wildman–Crippen LogP) is 2.48. The van der Waals surface area contributed by atoms with Gasteiger partial charge in [-0.3, -0.25) is 14.4 Å². The first-order chi connectivity index (χ1) is 11.7. The van der Waals surface area contributed by atoms with Crippen LogP contribution in [0.3, 0.4) is 0 Å². The van der Waals surface area contributed by atoms with Gasteiger partial charge in [0.2, 0.25) is 0 Å². The molecule has 1 aliphatic rings. The summed E-state index contributed by atoms with van der Waals surface area (Å²) in [5.74, 6) is -5.67. The lowest BCUT2D eigenvalue weighted by molar-refractivity contribution is -0.240. The zero-order valence-electron chi connectivity index (χ0n) is 14.2. The number of ether oxygens (including phenoxy) is 3. The average Bonchev–Trinajstić information content (AvgIpc) is 2.48. The Bertz CT molecular complexity index is 672. The summed E-state index contributed by atoms with van der Waals surface area (Å²) in [7, 11) is 0. The van der Waals surface area contributed by atoms with Gasteiger partial charge >= 0.3 is 17.9 Å². The van der Waals surface area contributed by atoms with Crippen LogP contribution >= 0.6 is 0 Å². The van der Waals surface area contributed by atoms with Crippen molar-refractivity contribution in [3.63, 3.8) is 0 Å². The first kappa shape index (κ1) is 18.6. The third kappa shape index (κ3) is 4.89. The summed E-state index contributed by atoms with van der Waals surface area (Å²) in [5.41, 5.74) is 0.527. The van der Waals surface area contributed by atoms with Crippen LogP contribution in [0.2, 0.25) is 0 Å². The van der Waals surface area contributed by atoms with E-state index in [0.29, 0.717) is 5.56 Å². The van der Waals surface area contributed by atoms with Crippen LogP contribution in [0.5, 0.6) is 0 Å². The van der Waals surface area contributed by atoms with E-state index in [1.54, 1.807) is 6.08 Å². The van der Waals surface area contributed by atoms with Gasteiger partial charge < -0.3 is 14.2 Å². The molecule has 134 valence electrons. The van der Waals surface area contributed by atoms with Gasteiger partial charge in [-0.15, -0.1) is 0 Å². The van der Waals surface area contributed by atoms with E-state index in [0.717, 1.165) is 0 Å². The quantitative estimate of drug-likeness (QED) is 0.461. The molecular formula is C18H19FO6. The standard InChI is InChI=1S/C18H19FO6/c1-11(20)23-10-4-5-14(12-6-8-13(19)9-7-12)15-16(21)24-18(2,3)25-17(15)22/h4-9,14-15H,10H2,1-3H3/b5-4+. The maximum Gasteiger partial charge on any atom is 0.324 e. The number of carbonyl (C=O) groups excluding carboxylic acids is 3. The second-order valence-corrected chi connectivity index (χ2v) is 6.03. The number of esters is 3. The molecule has 2 rings (SSSR count). The summed E-state index contributed by atoms with van der Waals surface area (Å²) >= 11 is 0. The molecule has 0 amide bonds. The summed E-state index contributed by atoms with van der Waals surface area (Å²) < 4.78 is 28.3. The number of benzene rings is 1. The third-order valence-electron chi connectivity index (χ3n) is 3.54. The van der Waals surface area contributed by atoms with E-state index >= 15 is 0 Å². The van der Waals surface area contributed by atoms with Crippen molar-refractivity contribution >= 4 is 17.9 Å². The number of allylic oxidation sites excluding steroid dienone is 1. The molecule has 6 nitrogen and oxygen atoms in total. The normalized spacial score (nSPS) is 18.6. The van der Waals surface area contributed by atoms with Crippen LogP contribution in [0.1, 0.15) is 32.3 Å². The minimum atomic E-state index is -1.33. The molecule has 1 fully saturated rings. The highest BCUT2D eigenvalue weighted by Gasteiger charge is 2.46. The fraction of sp³-hybridized carbons (Fsp3) is 0.389. The van der Waals surface area contributed by atoms with Gasteiger partial charge in [-0.2, -0.15) is 0 Å². The van der Waals surface area contributed by atoms with Crippen LogP contribution in [0.25, 0.3) is 0 Å². The van der Waals surface area contributed by atoms with Crippen LogP contribution in [-0.4, -0.2) is 30.3 Å². The van der Waals surface area contributed by atoms with Crippen molar-refractivity contribution in [1.29, 1.82) is 0 Å². The second kappa shape index (κ2) is 7.46. The fourth-order valence-corrected chi connectivity index (χ4v) is 2.49. The van der Waals surface area contributed by atoms with Gasteiger partial charge in [0.25, 0.3) is 5.79 Å². The summed E-state index contributed by atoms with van der Waals surface area (Å²) in [6.07, 6.45) is 3.05. The largest absolute Gasteiger partial charge is 0.462 e. The van der Waals surface area contributed by atoms with Gasteiger partial charge in [0, 0.05) is 26.7 Å². The molecule has 1 atom stereocenters. The number of cyclic esters (lactones) is 2. The van der Waals surface area contributed by atoms with Gasteiger partial charge in [0.15, 0.2) is 5.92 Å². The molecule has 1 unspecified atom stereocenters. The monoisotopic (exact) mass is 350 g/mol. The molecule has 25 heavy (non-hydrogen) atoms. The summed E-state index contributed by atoms with van der Waals surface area (Å²) in [5, 5.41) is 0. The van der Waals surface area contributed by atoms with E-state index in [2.05, 4.69) is 0 Å². The van der Waals surface area contributed by atoms with Crippen molar-refractivity contribution in [2.45, 2.75) is 32.5 Å². The Balaban J connectivity index is 2.30. The highest BCUT2D eigenvalue weighted by molar-refractivity contribution is 5.98. The number of rotatable bonds is 5. The van der Waals surface area contributed by atoms with Gasteiger partial charge in [-0.05, 0) is 17.7 Å². The lowest BCUT2D eigenvalue weighted by Gasteiger charge is -2.35. The Hall–Kier alpha value is -2.70. The lowest BCUT2D eigenvalue weighted by Crippen LogP contribution is -2.48. The van der Waals surface area contributed by atoms with Gasteiger partial charge in [-0.1, -0.05) is 24.3 Å². The SMILES string of the molecule is CC(=O)OC/C=C/C(c1ccc(F)cc1)C1C(=O)OC(C)(C)OC1=O. The zero-order valence-corrected chi connectivity index (χ0v) is 14.2. The van der Waals surface area contributed by atoms with Gasteiger partial charge in [-0.25, -0.2) is 4.39 Å². The fourth-order valence-electron chi connectivity index (χ4n) is 2.49. The first-order valence-electron chi connectivity index (χ1n) is 7.71. The van der Waals surface area contributed by atoms with Crippen LogP contribution in [-0.2, 0) is 28.6 Å². The molecule has 1 heterocycles. The Labute approximate surface area is 144 Å². The molecule has 0 aromatic heterocycles. The third-order valence-corrected chi connectivity index (χ3v) is 3.54. The van der Waals surface area contributed by atoms with E-state index in [4.69, 9.17) is 14.2 Å². The topological polar surface area (TPSA) is 78.9 Å². The number of hydrogen-bond acceptors (Lipinski definition) is 6. The molecule has 1 aromatic rings. The Morgan fingerprint density at radius 2 is 1.80 bits per heavy atom. The Kier molecular flexibility index (Phi) is 5.56. The summed E-state index contributed by atoms with van der Waals surface area (Å²) in [6.45, 7) is 4.17. The van der Waals surface area contributed by atoms with Crippen LogP contribution < -0.4 is 0 Å². The van der Waals surface area contributed by atoms with Crippen LogP contribution in [0, 0.1) is 11.7 Å². The predicted molar refractivity (Wildman–Crippen MR) is 84.7 cm³/mol.